The van der Waals surface area contributed by atoms with E-state index >= 15 is 0 Å². The van der Waals surface area contributed by atoms with Crippen LogP contribution in [0.1, 0.15) is 30.5 Å². The first-order valence-electron chi connectivity index (χ1n) is 8.96. The third-order valence-electron chi connectivity index (χ3n) is 4.50. The SMILES string of the molecule is CCc1cccc(CC)c1-n1cnc(N(C)Cc2ccccc2)nc1=O. The minimum absolute atomic E-state index is 0.300. The maximum Gasteiger partial charge on any atom is 0.356 e. The molecule has 0 saturated carbocycles. The smallest absolute Gasteiger partial charge is 0.339 e. The Morgan fingerprint density at radius 2 is 1.62 bits per heavy atom. The first kappa shape index (κ1) is 17.9. The summed E-state index contributed by atoms with van der Waals surface area (Å²) >= 11 is 0. The highest BCUT2D eigenvalue weighted by molar-refractivity contribution is 5.48. The van der Waals surface area contributed by atoms with Crippen LogP contribution >= 0.6 is 0 Å². The van der Waals surface area contributed by atoms with E-state index in [1.54, 1.807) is 10.9 Å². The first-order valence-corrected chi connectivity index (χ1v) is 8.96. The average Bonchev–Trinajstić information content (AvgIpc) is 2.68. The zero-order valence-electron chi connectivity index (χ0n) is 15.5. The fourth-order valence-corrected chi connectivity index (χ4v) is 3.12. The molecule has 5 nitrogen and oxygen atoms in total. The third kappa shape index (κ3) is 3.67. The second-order valence-electron chi connectivity index (χ2n) is 6.28. The average molecular weight is 348 g/mol. The number of rotatable bonds is 6. The fourth-order valence-electron chi connectivity index (χ4n) is 3.12. The topological polar surface area (TPSA) is 51.0 Å². The number of hydrogen-bond donors (Lipinski definition) is 0. The lowest BCUT2D eigenvalue weighted by atomic mass is 10.0. The minimum Gasteiger partial charge on any atom is -0.339 e. The van der Waals surface area contributed by atoms with E-state index in [4.69, 9.17) is 0 Å². The van der Waals surface area contributed by atoms with Gasteiger partial charge in [0, 0.05) is 13.6 Å². The summed E-state index contributed by atoms with van der Waals surface area (Å²) < 4.78 is 1.57. The van der Waals surface area contributed by atoms with Crippen molar-refractivity contribution in [2.75, 3.05) is 11.9 Å². The molecule has 0 radical (unpaired) electrons. The molecular weight excluding hydrogens is 324 g/mol. The van der Waals surface area contributed by atoms with Gasteiger partial charge in [0.15, 0.2) is 0 Å². The molecule has 1 heterocycles. The van der Waals surface area contributed by atoms with Gasteiger partial charge in [-0.3, -0.25) is 4.57 Å². The Labute approximate surface area is 154 Å². The molecule has 134 valence electrons. The van der Waals surface area contributed by atoms with Crippen molar-refractivity contribution in [2.24, 2.45) is 0 Å². The summed E-state index contributed by atoms with van der Waals surface area (Å²) in [6.07, 6.45) is 3.30. The zero-order valence-corrected chi connectivity index (χ0v) is 15.5. The van der Waals surface area contributed by atoms with E-state index in [0.29, 0.717) is 12.5 Å². The fraction of sp³-hybridized carbons (Fsp3) is 0.286. The summed E-state index contributed by atoms with van der Waals surface area (Å²) in [5, 5.41) is 0. The van der Waals surface area contributed by atoms with Crippen LogP contribution < -0.4 is 10.6 Å². The van der Waals surface area contributed by atoms with Crippen molar-refractivity contribution in [1.29, 1.82) is 0 Å². The lowest BCUT2D eigenvalue weighted by molar-refractivity contribution is 0.788. The lowest BCUT2D eigenvalue weighted by Crippen LogP contribution is -2.28. The second-order valence-corrected chi connectivity index (χ2v) is 6.28. The molecule has 5 heteroatoms. The van der Waals surface area contributed by atoms with Crippen molar-refractivity contribution < 1.29 is 0 Å². The normalized spacial score (nSPS) is 10.7. The van der Waals surface area contributed by atoms with Crippen molar-refractivity contribution in [3.63, 3.8) is 0 Å². The summed E-state index contributed by atoms with van der Waals surface area (Å²) in [6.45, 7) is 4.83. The quantitative estimate of drug-likeness (QED) is 0.685. The molecule has 0 aliphatic heterocycles. The van der Waals surface area contributed by atoms with Crippen molar-refractivity contribution in [2.45, 2.75) is 33.2 Å². The predicted molar refractivity (Wildman–Crippen MR) is 105 cm³/mol. The Balaban J connectivity index is 1.95. The van der Waals surface area contributed by atoms with Gasteiger partial charge in [-0.15, -0.1) is 0 Å². The molecule has 0 saturated heterocycles. The Morgan fingerprint density at radius 1 is 0.962 bits per heavy atom. The molecular formula is C21H24N4O. The van der Waals surface area contributed by atoms with E-state index in [0.717, 1.165) is 35.2 Å². The van der Waals surface area contributed by atoms with Crippen molar-refractivity contribution in [1.82, 2.24) is 14.5 Å². The number of anilines is 1. The van der Waals surface area contributed by atoms with Crippen LogP contribution in [0.25, 0.3) is 5.69 Å². The highest BCUT2D eigenvalue weighted by atomic mass is 16.1. The first-order chi connectivity index (χ1) is 12.6. The molecule has 0 atom stereocenters. The molecule has 0 amide bonds. The summed E-state index contributed by atoms with van der Waals surface area (Å²) in [7, 11) is 1.89. The van der Waals surface area contributed by atoms with Gasteiger partial charge in [-0.2, -0.15) is 4.98 Å². The Hall–Kier alpha value is -2.95. The number of aromatic nitrogens is 3. The van der Waals surface area contributed by atoms with Crippen LogP contribution in [0.15, 0.2) is 59.7 Å². The van der Waals surface area contributed by atoms with E-state index in [1.807, 2.05) is 48.3 Å². The number of nitrogens with zero attached hydrogens (tertiary/aromatic N) is 4. The molecule has 0 unspecified atom stereocenters. The number of aryl methyl sites for hydroxylation is 2. The maximum absolute atomic E-state index is 12.7. The van der Waals surface area contributed by atoms with Gasteiger partial charge in [0.05, 0.1) is 5.69 Å². The van der Waals surface area contributed by atoms with Crippen LogP contribution in [0.2, 0.25) is 0 Å². The molecule has 0 fully saturated rings. The van der Waals surface area contributed by atoms with Crippen molar-refractivity contribution in [3.05, 3.63) is 82.0 Å². The maximum atomic E-state index is 12.7. The molecule has 0 aliphatic carbocycles. The van der Waals surface area contributed by atoms with Crippen molar-refractivity contribution >= 4 is 5.95 Å². The molecule has 0 N–H and O–H groups in total. The van der Waals surface area contributed by atoms with Crippen molar-refractivity contribution in [3.8, 4) is 5.69 Å². The van der Waals surface area contributed by atoms with Crippen LogP contribution in [0.3, 0.4) is 0 Å². The van der Waals surface area contributed by atoms with Crippen LogP contribution in [0.5, 0.6) is 0 Å². The van der Waals surface area contributed by atoms with Crippen LogP contribution in [-0.2, 0) is 19.4 Å². The van der Waals surface area contributed by atoms with Gasteiger partial charge in [-0.25, -0.2) is 9.78 Å². The summed E-state index contributed by atoms with van der Waals surface area (Å²) in [4.78, 5) is 23.3. The number of hydrogen-bond acceptors (Lipinski definition) is 4. The largest absolute Gasteiger partial charge is 0.356 e. The number of para-hydroxylation sites is 1. The van der Waals surface area contributed by atoms with E-state index < -0.39 is 0 Å². The Bertz CT molecular complexity index is 912. The Kier molecular flexibility index (Phi) is 5.46. The molecule has 1 aromatic heterocycles. The zero-order chi connectivity index (χ0) is 18.5. The molecule has 3 aromatic rings. The lowest BCUT2D eigenvalue weighted by Gasteiger charge is -2.18. The van der Waals surface area contributed by atoms with Gasteiger partial charge < -0.3 is 4.90 Å². The van der Waals surface area contributed by atoms with E-state index in [-0.39, 0.29) is 5.69 Å². The molecule has 26 heavy (non-hydrogen) atoms. The summed E-state index contributed by atoms with van der Waals surface area (Å²) in [5.41, 5.74) is 4.01. The standard InChI is InChI=1S/C21H24N4O/c1-4-17-12-9-13-18(5-2)19(17)25-15-22-20(23-21(25)26)24(3)14-16-10-7-6-8-11-16/h6-13,15H,4-5,14H2,1-3H3. The Morgan fingerprint density at radius 3 is 2.19 bits per heavy atom. The van der Waals surface area contributed by atoms with Gasteiger partial charge in [0.2, 0.25) is 5.95 Å². The summed E-state index contributed by atoms with van der Waals surface area (Å²) in [6, 6.07) is 16.2. The molecule has 0 bridgehead atoms. The predicted octanol–water partition coefficient (Wildman–Crippen LogP) is 3.39. The van der Waals surface area contributed by atoms with Crippen LogP contribution in [0.4, 0.5) is 5.95 Å². The second kappa shape index (κ2) is 7.95. The van der Waals surface area contributed by atoms with Gasteiger partial charge in [-0.05, 0) is 29.5 Å². The molecule has 3 rings (SSSR count). The van der Waals surface area contributed by atoms with Gasteiger partial charge in [0.25, 0.3) is 0 Å². The van der Waals surface area contributed by atoms with Crippen LogP contribution in [0, 0.1) is 0 Å². The summed E-state index contributed by atoms with van der Waals surface area (Å²) in [5.74, 6) is 0.433. The van der Waals surface area contributed by atoms with Gasteiger partial charge in [0.1, 0.15) is 6.33 Å². The van der Waals surface area contributed by atoms with Gasteiger partial charge in [-0.1, -0.05) is 62.4 Å². The van der Waals surface area contributed by atoms with Crippen LogP contribution in [-0.4, -0.2) is 21.6 Å². The number of benzene rings is 2. The monoisotopic (exact) mass is 348 g/mol. The van der Waals surface area contributed by atoms with E-state index in [2.05, 4.69) is 35.9 Å². The third-order valence-corrected chi connectivity index (χ3v) is 4.50. The minimum atomic E-state index is -0.300. The van der Waals surface area contributed by atoms with Gasteiger partial charge >= 0.3 is 5.69 Å². The van der Waals surface area contributed by atoms with E-state index in [1.165, 1.54) is 0 Å². The molecule has 0 aliphatic rings. The highest BCUT2D eigenvalue weighted by Crippen LogP contribution is 2.20. The molecule has 0 spiro atoms. The highest BCUT2D eigenvalue weighted by Gasteiger charge is 2.13. The molecule has 2 aromatic carbocycles. The van der Waals surface area contributed by atoms with E-state index in [9.17, 15) is 4.79 Å².